The van der Waals surface area contributed by atoms with Crippen molar-refractivity contribution in [1.82, 2.24) is 5.32 Å². The van der Waals surface area contributed by atoms with Gasteiger partial charge in [-0.3, -0.25) is 0 Å². The quantitative estimate of drug-likeness (QED) is 0.693. The van der Waals surface area contributed by atoms with E-state index in [9.17, 15) is 0 Å². The Hall–Kier alpha value is -0.340. The van der Waals surface area contributed by atoms with Crippen LogP contribution in [0.3, 0.4) is 0 Å². The predicted octanol–water partition coefficient (Wildman–Crippen LogP) is 5.07. The first-order valence-corrected chi connectivity index (χ1v) is 7.44. The minimum Gasteiger partial charge on any atom is -0.308 e. The van der Waals surface area contributed by atoms with Gasteiger partial charge in [0.15, 0.2) is 0 Å². The van der Waals surface area contributed by atoms with Crippen LogP contribution in [0.15, 0.2) is 28.7 Å². The summed E-state index contributed by atoms with van der Waals surface area (Å²) in [5, 5.41) is 3.66. The second-order valence-corrected chi connectivity index (χ2v) is 5.75. The van der Waals surface area contributed by atoms with Crippen molar-refractivity contribution in [2.45, 2.75) is 58.5 Å². The minimum absolute atomic E-state index is 0.430. The van der Waals surface area contributed by atoms with Crippen LogP contribution in [-0.4, -0.2) is 6.04 Å². The highest BCUT2D eigenvalue weighted by Crippen LogP contribution is 2.17. The topological polar surface area (TPSA) is 12.0 Å². The summed E-state index contributed by atoms with van der Waals surface area (Å²) in [4.78, 5) is 0. The Kier molecular flexibility index (Phi) is 6.83. The van der Waals surface area contributed by atoms with Crippen LogP contribution in [0.5, 0.6) is 0 Å². The number of hydrogen-bond acceptors (Lipinski definition) is 1. The Balaban J connectivity index is 2.37. The van der Waals surface area contributed by atoms with E-state index < -0.39 is 0 Å². The molecular weight excluding hydrogens is 274 g/mol. The molecule has 0 aliphatic carbocycles. The van der Waals surface area contributed by atoms with E-state index in [4.69, 9.17) is 0 Å². The van der Waals surface area contributed by atoms with E-state index >= 15 is 0 Å². The molecule has 17 heavy (non-hydrogen) atoms. The average molecular weight is 298 g/mol. The molecule has 1 N–H and O–H groups in total. The van der Waals surface area contributed by atoms with Gasteiger partial charge in [0.05, 0.1) is 0 Å². The number of rotatable bonds is 7. The van der Waals surface area contributed by atoms with Gasteiger partial charge in [-0.1, -0.05) is 54.2 Å². The van der Waals surface area contributed by atoms with Gasteiger partial charge in [-0.15, -0.1) is 0 Å². The monoisotopic (exact) mass is 297 g/mol. The summed E-state index contributed by atoms with van der Waals surface area (Å²) in [7, 11) is 0. The normalized spacial score (nSPS) is 14.6. The van der Waals surface area contributed by atoms with E-state index in [1.165, 1.54) is 31.2 Å². The molecule has 0 bridgehead atoms. The van der Waals surface area contributed by atoms with E-state index in [1.54, 1.807) is 0 Å². The molecule has 1 aromatic rings. The third-order valence-electron chi connectivity index (χ3n) is 3.15. The summed E-state index contributed by atoms with van der Waals surface area (Å²) >= 11 is 3.47. The maximum atomic E-state index is 3.66. The van der Waals surface area contributed by atoms with Crippen molar-refractivity contribution in [3.8, 4) is 0 Å². The zero-order chi connectivity index (χ0) is 12.7. The van der Waals surface area contributed by atoms with Crippen LogP contribution in [0.25, 0.3) is 0 Å². The van der Waals surface area contributed by atoms with Crippen LogP contribution in [0.4, 0.5) is 0 Å². The summed E-state index contributed by atoms with van der Waals surface area (Å²) in [6.45, 7) is 6.77. The molecule has 0 saturated heterocycles. The van der Waals surface area contributed by atoms with Crippen LogP contribution in [0.2, 0.25) is 0 Å². The summed E-state index contributed by atoms with van der Waals surface area (Å²) in [5.41, 5.74) is 1.36. The van der Waals surface area contributed by atoms with Gasteiger partial charge >= 0.3 is 0 Å². The highest BCUT2D eigenvalue weighted by molar-refractivity contribution is 9.10. The predicted molar refractivity (Wildman–Crippen MR) is 79.3 cm³/mol. The largest absolute Gasteiger partial charge is 0.308 e. The summed E-state index contributed by atoms with van der Waals surface area (Å²) in [6, 6.07) is 9.60. The summed E-state index contributed by atoms with van der Waals surface area (Å²) < 4.78 is 1.14. The zero-order valence-electron chi connectivity index (χ0n) is 11.2. The fourth-order valence-corrected chi connectivity index (χ4v) is 2.32. The van der Waals surface area contributed by atoms with Gasteiger partial charge in [0.25, 0.3) is 0 Å². The van der Waals surface area contributed by atoms with Gasteiger partial charge in [-0.05, 0) is 38.0 Å². The van der Waals surface area contributed by atoms with E-state index in [-0.39, 0.29) is 0 Å². The standard InChI is InChI=1S/C15H24BrN/c1-4-5-6-7-12(2)17-13(3)14-8-10-15(16)11-9-14/h8-13,17H,4-7H2,1-3H3. The molecule has 0 aliphatic heterocycles. The minimum atomic E-state index is 0.430. The van der Waals surface area contributed by atoms with Gasteiger partial charge in [-0.2, -0.15) is 0 Å². The number of benzene rings is 1. The van der Waals surface area contributed by atoms with Gasteiger partial charge < -0.3 is 5.32 Å². The van der Waals surface area contributed by atoms with E-state index in [2.05, 4.69) is 66.3 Å². The zero-order valence-corrected chi connectivity index (χ0v) is 12.8. The smallest absolute Gasteiger partial charge is 0.0294 e. The highest BCUT2D eigenvalue weighted by Gasteiger charge is 2.08. The molecule has 0 aromatic heterocycles. The van der Waals surface area contributed by atoms with Gasteiger partial charge in [0.2, 0.25) is 0 Å². The third kappa shape index (κ3) is 5.69. The van der Waals surface area contributed by atoms with Crippen molar-refractivity contribution in [1.29, 1.82) is 0 Å². The molecule has 0 spiro atoms. The Labute approximate surface area is 114 Å². The van der Waals surface area contributed by atoms with Crippen molar-refractivity contribution < 1.29 is 0 Å². The first-order valence-electron chi connectivity index (χ1n) is 6.65. The van der Waals surface area contributed by atoms with Gasteiger partial charge in [-0.25, -0.2) is 0 Å². The lowest BCUT2D eigenvalue weighted by molar-refractivity contribution is 0.440. The van der Waals surface area contributed by atoms with E-state index in [0.717, 1.165) is 4.47 Å². The fourth-order valence-electron chi connectivity index (χ4n) is 2.06. The number of hydrogen-bond donors (Lipinski definition) is 1. The Morgan fingerprint density at radius 2 is 1.76 bits per heavy atom. The molecule has 0 fully saturated rings. The SMILES string of the molecule is CCCCCC(C)NC(C)c1ccc(Br)cc1. The van der Waals surface area contributed by atoms with Crippen LogP contribution < -0.4 is 5.32 Å². The van der Waals surface area contributed by atoms with Crippen molar-refractivity contribution in [2.24, 2.45) is 0 Å². The molecule has 2 atom stereocenters. The lowest BCUT2D eigenvalue weighted by Crippen LogP contribution is -2.28. The molecule has 1 rings (SSSR count). The summed E-state index contributed by atoms with van der Waals surface area (Å²) in [5.74, 6) is 0. The second-order valence-electron chi connectivity index (χ2n) is 4.84. The first-order chi connectivity index (χ1) is 8.13. The maximum Gasteiger partial charge on any atom is 0.0294 e. The molecule has 0 radical (unpaired) electrons. The van der Waals surface area contributed by atoms with Crippen LogP contribution >= 0.6 is 15.9 Å². The van der Waals surface area contributed by atoms with Crippen molar-refractivity contribution in [3.63, 3.8) is 0 Å². The third-order valence-corrected chi connectivity index (χ3v) is 3.67. The van der Waals surface area contributed by atoms with E-state index in [1.807, 2.05) is 0 Å². The number of unbranched alkanes of at least 4 members (excludes halogenated alkanes) is 2. The summed E-state index contributed by atoms with van der Waals surface area (Å²) in [6.07, 6.45) is 5.25. The van der Waals surface area contributed by atoms with Crippen molar-refractivity contribution in [2.75, 3.05) is 0 Å². The lowest BCUT2D eigenvalue weighted by atomic mass is 10.1. The molecule has 1 nitrogen and oxygen atoms in total. The van der Waals surface area contributed by atoms with Crippen LogP contribution in [-0.2, 0) is 0 Å². The lowest BCUT2D eigenvalue weighted by Gasteiger charge is -2.20. The van der Waals surface area contributed by atoms with Gasteiger partial charge in [0, 0.05) is 16.6 Å². The Bertz CT molecular complexity index is 307. The molecule has 0 heterocycles. The Morgan fingerprint density at radius 3 is 2.35 bits per heavy atom. The molecule has 1 aromatic carbocycles. The Morgan fingerprint density at radius 1 is 1.12 bits per heavy atom. The van der Waals surface area contributed by atoms with Crippen LogP contribution in [0, 0.1) is 0 Å². The first kappa shape index (κ1) is 14.7. The van der Waals surface area contributed by atoms with Crippen molar-refractivity contribution >= 4 is 15.9 Å². The molecule has 96 valence electrons. The molecule has 2 unspecified atom stereocenters. The van der Waals surface area contributed by atoms with Crippen molar-refractivity contribution in [3.05, 3.63) is 34.3 Å². The molecule has 0 saturated carbocycles. The maximum absolute atomic E-state index is 3.66. The average Bonchev–Trinajstić information content (AvgIpc) is 2.30. The molecule has 0 amide bonds. The van der Waals surface area contributed by atoms with E-state index in [0.29, 0.717) is 12.1 Å². The fraction of sp³-hybridized carbons (Fsp3) is 0.600. The molecule has 2 heteroatoms. The number of nitrogens with one attached hydrogen (secondary N) is 1. The molecular formula is C15H24BrN. The van der Waals surface area contributed by atoms with Crippen LogP contribution in [0.1, 0.15) is 58.1 Å². The molecule has 0 aliphatic rings. The number of halogens is 1. The highest BCUT2D eigenvalue weighted by atomic mass is 79.9. The van der Waals surface area contributed by atoms with Gasteiger partial charge in [0.1, 0.15) is 0 Å². The second kappa shape index (κ2) is 7.88.